The van der Waals surface area contributed by atoms with Crippen LogP contribution in [-0.4, -0.2) is 34.6 Å². The normalized spacial score (nSPS) is 15.7. The zero-order chi connectivity index (χ0) is 20.7. The van der Waals surface area contributed by atoms with Crippen molar-refractivity contribution in [2.45, 2.75) is 25.8 Å². The molecule has 0 unspecified atom stereocenters. The Kier molecular flexibility index (Phi) is 5.01. The Hall–Kier alpha value is -2.76. The van der Waals surface area contributed by atoms with Gasteiger partial charge in [0.1, 0.15) is 10.7 Å². The van der Waals surface area contributed by atoms with Gasteiger partial charge in [0.05, 0.1) is 5.39 Å². The molecule has 1 saturated heterocycles. The summed E-state index contributed by atoms with van der Waals surface area (Å²) in [6.45, 7) is 4.08. The zero-order valence-electron chi connectivity index (χ0n) is 17.3. The fraction of sp³-hybridized carbons (Fsp3) is 0.280. The Bertz CT molecular complexity index is 1250. The summed E-state index contributed by atoms with van der Waals surface area (Å²) in [7, 11) is 2.15. The summed E-state index contributed by atoms with van der Waals surface area (Å²) in [4.78, 5) is 22.2. The molecule has 0 radical (unpaired) electrons. The second-order valence-corrected chi connectivity index (χ2v) is 9.07. The zero-order valence-corrected chi connectivity index (χ0v) is 18.2. The minimum atomic E-state index is 0.0890. The van der Waals surface area contributed by atoms with Gasteiger partial charge in [-0.1, -0.05) is 54.1 Å². The first kappa shape index (κ1) is 19.2. The van der Waals surface area contributed by atoms with Gasteiger partial charge in [-0.25, -0.2) is 4.98 Å². The molecule has 3 heterocycles. The quantitative estimate of drug-likeness (QED) is 0.452. The van der Waals surface area contributed by atoms with Crippen LogP contribution in [0.2, 0.25) is 0 Å². The van der Waals surface area contributed by atoms with Crippen LogP contribution in [0, 0.1) is 6.92 Å². The number of fused-ring (bicyclic) bond motifs is 1. The van der Waals surface area contributed by atoms with Crippen molar-refractivity contribution in [2.24, 2.45) is 0 Å². The van der Waals surface area contributed by atoms with Gasteiger partial charge in [-0.3, -0.25) is 9.36 Å². The first-order chi connectivity index (χ1) is 14.6. The highest BCUT2D eigenvalue weighted by Gasteiger charge is 2.25. The van der Waals surface area contributed by atoms with E-state index in [2.05, 4.69) is 54.6 Å². The Morgan fingerprint density at radius 1 is 1.00 bits per heavy atom. The number of likely N-dealkylation sites (tertiary alicyclic amines) is 1. The van der Waals surface area contributed by atoms with Crippen LogP contribution < -0.4 is 5.56 Å². The molecule has 30 heavy (non-hydrogen) atoms. The Labute approximate surface area is 180 Å². The van der Waals surface area contributed by atoms with E-state index < -0.39 is 0 Å². The molecule has 0 aliphatic carbocycles. The summed E-state index contributed by atoms with van der Waals surface area (Å²) >= 11 is 1.56. The summed E-state index contributed by atoms with van der Waals surface area (Å²) in [6, 6.07) is 18.7. The van der Waals surface area contributed by atoms with Crippen molar-refractivity contribution < 1.29 is 0 Å². The topological polar surface area (TPSA) is 38.1 Å². The number of hydrogen-bond donors (Lipinski definition) is 0. The largest absolute Gasteiger partial charge is 0.306 e. The monoisotopic (exact) mass is 415 g/mol. The molecule has 1 fully saturated rings. The van der Waals surface area contributed by atoms with Gasteiger partial charge < -0.3 is 4.90 Å². The van der Waals surface area contributed by atoms with Crippen LogP contribution in [0.15, 0.2) is 64.8 Å². The lowest BCUT2D eigenvalue weighted by Crippen LogP contribution is -2.36. The van der Waals surface area contributed by atoms with E-state index in [1.165, 1.54) is 5.56 Å². The molecule has 0 saturated carbocycles. The van der Waals surface area contributed by atoms with Crippen LogP contribution in [0.25, 0.3) is 32.7 Å². The van der Waals surface area contributed by atoms with Gasteiger partial charge in [0.2, 0.25) is 0 Å². The molecule has 5 rings (SSSR count). The number of aryl methyl sites for hydroxylation is 1. The molecule has 1 aliphatic rings. The lowest BCUT2D eigenvalue weighted by molar-refractivity contribution is 0.219. The first-order valence-electron chi connectivity index (χ1n) is 10.5. The number of thiophene rings is 1. The fourth-order valence-electron chi connectivity index (χ4n) is 4.41. The maximum absolute atomic E-state index is 14.0. The molecular formula is C25H25N3OS. The van der Waals surface area contributed by atoms with Gasteiger partial charge in [0.25, 0.3) is 5.56 Å². The van der Waals surface area contributed by atoms with Crippen molar-refractivity contribution >= 4 is 21.6 Å². The molecule has 4 aromatic rings. The van der Waals surface area contributed by atoms with Gasteiger partial charge in [0, 0.05) is 22.5 Å². The molecule has 0 N–H and O–H groups in total. The van der Waals surface area contributed by atoms with Crippen molar-refractivity contribution in [3.05, 3.63) is 75.9 Å². The SMILES string of the molecule is Cc1cccc(-c2nc3scc(-c4ccccc4)c3c(=O)n2C2CCN(C)CC2)c1. The number of hydrogen-bond acceptors (Lipinski definition) is 4. The van der Waals surface area contributed by atoms with Crippen molar-refractivity contribution in [3.8, 4) is 22.5 Å². The average molecular weight is 416 g/mol. The molecule has 2 aromatic carbocycles. The third-order valence-corrected chi connectivity index (χ3v) is 6.93. The van der Waals surface area contributed by atoms with Crippen LogP contribution in [0.3, 0.4) is 0 Å². The maximum Gasteiger partial charge on any atom is 0.263 e. The summed E-state index contributed by atoms with van der Waals surface area (Å²) < 4.78 is 1.99. The predicted molar refractivity (Wildman–Crippen MR) is 125 cm³/mol. The predicted octanol–water partition coefficient (Wildman–Crippen LogP) is 5.37. The van der Waals surface area contributed by atoms with E-state index in [1.54, 1.807) is 11.3 Å². The summed E-state index contributed by atoms with van der Waals surface area (Å²) in [5.41, 5.74) is 4.34. The number of benzene rings is 2. The van der Waals surface area contributed by atoms with Crippen LogP contribution in [0.1, 0.15) is 24.4 Å². The molecule has 5 heteroatoms. The lowest BCUT2D eigenvalue weighted by atomic mass is 10.0. The van der Waals surface area contributed by atoms with Crippen LogP contribution >= 0.6 is 11.3 Å². The molecule has 0 amide bonds. The van der Waals surface area contributed by atoms with E-state index in [1.807, 2.05) is 28.8 Å². The minimum Gasteiger partial charge on any atom is -0.306 e. The van der Waals surface area contributed by atoms with Gasteiger partial charge in [-0.05, 0) is 51.5 Å². The Morgan fingerprint density at radius 2 is 1.73 bits per heavy atom. The van der Waals surface area contributed by atoms with Crippen LogP contribution in [0.4, 0.5) is 0 Å². The van der Waals surface area contributed by atoms with Crippen molar-refractivity contribution in [1.29, 1.82) is 0 Å². The maximum atomic E-state index is 14.0. The van der Waals surface area contributed by atoms with E-state index in [0.717, 1.165) is 58.7 Å². The molecule has 2 aromatic heterocycles. The molecule has 0 bridgehead atoms. The van der Waals surface area contributed by atoms with Crippen LogP contribution in [-0.2, 0) is 0 Å². The van der Waals surface area contributed by atoms with Gasteiger partial charge in [0.15, 0.2) is 0 Å². The molecule has 152 valence electrons. The summed E-state index contributed by atoms with van der Waals surface area (Å²) in [6.07, 6.45) is 1.93. The molecule has 0 spiro atoms. The third kappa shape index (κ3) is 3.38. The highest BCUT2D eigenvalue weighted by Crippen LogP contribution is 2.34. The number of piperidine rings is 1. The van der Waals surface area contributed by atoms with Crippen molar-refractivity contribution in [3.63, 3.8) is 0 Å². The van der Waals surface area contributed by atoms with E-state index in [-0.39, 0.29) is 11.6 Å². The molecule has 4 nitrogen and oxygen atoms in total. The standard InChI is InChI=1S/C25H25N3OS/c1-17-7-6-10-19(15-17)23-26-24-22(21(16-30-24)18-8-4-3-5-9-18)25(29)28(23)20-11-13-27(2)14-12-20/h3-10,15-16,20H,11-14H2,1-2H3. The average Bonchev–Trinajstić information content (AvgIpc) is 3.20. The Morgan fingerprint density at radius 3 is 2.47 bits per heavy atom. The van der Waals surface area contributed by atoms with Crippen molar-refractivity contribution in [2.75, 3.05) is 20.1 Å². The lowest BCUT2D eigenvalue weighted by Gasteiger charge is -2.31. The third-order valence-electron chi connectivity index (χ3n) is 6.05. The minimum absolute atomic E-state index is 0.0890. The van der Waals surface area contributed by atoms with Crippen LogP contribution in [0.5, 0.6) is 0 Å². The summed E-state index contributed by atoms with van der Waals surface area (Å²) in [5, 5.41) is 2.83. The van der Waals surface area contributed by atoms with E-state index >= 15 is 0 Å². The first-order valence-corrected chi connectivity index (χ1v) is 11.3. The number of nitrogens with zero attached hydrogens (tertiary/aromatic N) is 3. The number of aromatic nitrogens is 2. The second-order valence-electron chi connectivity index (χ2n) is 8.21. The smallest absolute Gasteiger partial charge is 0.263 e. The molecular weight excluding hydrogens is 390 g/mol. The fourth-order valence-corrected chi connectivity index (χ4v) is 5.35. The van der Waals surface area contributed by atoms with Gasteiger partial charge in [-0.2, -0.15) is 0 Å². The molecule has 1 aliphatic heterocycles. The second kappa shape index (κ2) is 7.82. The summed E-state index contributed by atoms with van der Waals surface area (Å²) in [5.74, 6) is 0.798. The highest BCUT2D eigenvalue weighted by atomic mass is 32.1. The Balaban J connectivity index is 1.77. The highest BCUT2D eigenvalue weighted by molar-refractivity contribution is 7.17. The van der Waals surface area contributed by atoms with Crippen molar-refractivity contribution in [1.82, 2.24) is 14.5 Å². The van der Waals surface area contributed by atoms with Gasteiger partial charge in [-0.15, -0.1) is 11.3 Å². The van der Waals surface area contributed by atoms with E-state index in [0.29, 0.717) is 0 Å². The van der Waals surface area contributed by atoms with E-state index in [4.69, 9.17) is 4.98 Å². The van der Waals surface area contributed by atoms with Gasteiger partial charge >= 0.3 is 0 Å². The van der Waals surface area contributed by atoms with E-state index in [9.17, 15) is 4.79 Å². The molecule has 0 atom stereocenters. The number of rotatable bonds is 3.